The number of anilines is 1. The van der Waals surface area contributed by atoms with Crippen LogP contribution < -0.4 is 5.73 Å². The van der Waals surface area contributed by atoms with Crippen molar-refractivity contribution in [3.63, 3.8) is 0 Å². The van der Waals surface area contributed by atoms with E-state index in [1.165, 1.54) is 27.8 Å². The van der Waals surface area contributed by atoms with Crippen molar-refractivity contribution in [2.45, 2.75) is 139 Å². The zero-order chi connectivity index (χ0) is 39.2. The minimum absolute atomic E-state index is 0. The first kappa shape index (κ1) is 47.0. The summed E-state index contributed by atoms with van der Waals surface area (Å²) in [4.78, 5) is 11.5. The van der Waals surface area contributed by atoms with Crippen LogP contribution in [0.25, 0.3) is 11.0 Å². The summed E-state index contributed by atoms with van der Waals surface area (Å²) in [6, 6.07) is 29.3. The number of aromatic nitrogens is 3. The molecule has 0 unspecified atom stereocenters. The number of nitrogens with one attached hydrogen (secondary N) is 1. The highest BCUT2D eigenvalue weighted by molar-refractivity contribution is 5.79. The fourth-order valence-corrected chi connectivity index (χ4v) is 4.99. The molecule has 0 aliphatic rings. The number of benzene rings is 3. The molecule has 2 aromatic heterocycles. The second-order valence-corrected chi connectivity index (χ2v) is 17.6. The number of nitrogen functional groups attached to an aromatic ring is 1. The van der Waals surface area contributed by atoms with Crippen LogP contribution in [-0.2, 0) is 37.7 Å². The predicted molar refractivity (Wildman–Crippen MR) is 230 cm³/mol. The predicted octanol–water partition coefficient (Wildman–Crippen LogP) is 12.4. The Morgan fingerprint density at radius 2 is 1.15 bits per heavy atom. The average molecular weight is 725 g/mol. The maximum absolute atomic E-state index is 5.57. The number of imidazole rings is 1. The molecule has 5 rings (SSSR count). The molecule has 3 aromatic carbocycles. The Morgan fingerprint density at radius 1 is 0.604 bits per heavy atom. The van der Waals surface area contributed by atoms with Gasteiger partial charge >= 0.3 is 0 Å². The Morgan fingerprint density at radius 3 is 1.62 bits per heavy atom. The maximum Gasteiger partial charge on any atom is 0.123 e. The van der Waals surface area contributed by atoms with E-state index in [1.54, 1.807) is 6.33 Å². The van der Waals surface area contributed by atoms with Crippen molar-refractivity contribution in [2.24, 2.45) is 0 Å². The summed E-state index contributed by atoms with van der Waals surface area (Å²) in [5.41, 5.74) is 15.0. The number of rotatable bonds is 6. The number of H-pyrrole nitrogens is 1. The average Bonchev–Trinajstić information content (AvgIpc) is 3.54. The lowest BCUT2D eigenvalue weighted by Crippen LogP contribution is -2.11. The molecule has 292 valence electrons. The molecule has 0 fully saturated rings. The summed E-state index contributed by atoms with van der Waals surface area (Å²) in [7, 11) is 0. The Kier molecular flexibility index (Phi) is 18.7. The molecule has 6 nitrogen and oxygen atoms in total. The molecule has 5 aromatic rings. The molecule has 0 spiro atoms. The third-order valence-electron chi connectivity index (χ3n) is 8.32. The summed E-state index contributed by atoms with van der Waals surface area (Å²) in [5, 5.41) is 0. The Balaban J connectivity index is 0.000000360. The van der Waals surface area contributed by atoms with Gasteiger partial charge < -0.3 is 20.2 Å². The van der Waals surface area contributed by atoms with E-state index in [2.05, 4.69) is 171 Å². The molecule has 0 saturated carbocycles. The van der Waals surface area contributed by atoms with E-state index >= 15 is 0 Å². The molecule has 0 atom stereocenters. The highest BCUT2D eigenvalue weighted by Gasteiger charge is 2.17. The van der Waals surface area contributed by atoms with E-state index in [4.69, 9.17) is 15.2 Å². The number of hydrogen-bond donors (Lipinski definition) is 2. The number of nitrogens with zero attached hydrogens (tertiary/aromatic N) is 2. The van der Waals surface area contributed by atoms with Crippen LogP contribution in [0, 0.1) is 0 Å². The van der Waals surface area contributed by atoms with Crippen LogP contribution in [0.4, 0.5) is 5.82 Å². The lowest BCUT2D eigenvalue weighted by atomic mass is 9.86. The summed E-state index contributed by atoms with van der Waals surface area (Å²) in [5.74, 6) is 0.581. The topological polar surface area (TPSA) is 86.1 Å². The van der Waals surface area contributed by atoms with Gasteiger partial charge in [0.25, 0.3) is 0 Å². The molecule has 0 bridgehead atoms. The van der Waals surface area contributed by atoms with E-state index in [1.807, 2.05) is 32.2 Å². The van der Waals surface area contributed by atoms with Gasteiger partial charge in [-0.3, -0.25) is 0 Å². The molecule has 0 aliphatic heterocycles. The van der Waals surface area contributed by atoms with Gasteiger partial charge in [0.15, 0.2) is 0 Å². The van der Waals surface area contributed by atoms with Crippen molar-refractivity contribution >= 4 is 16.9 Å². The summed E-state index contributed by atoms with van der Waals surface area (Å²) in [6.45, 7) is 32.5. The molecular formula is C47H72N4O2. The van der Waals surface area contributed by atoms with E-state index in [9.17, 15) is 0 Å². The van der Waals surface area contributed by atoms with E-state index in [-0.39, 0.29) is 29.8 Å². The second kappa shape index (κ2) is 21.0. The van der Waals surface area contributed by atoms with Crippen LogP contribution in [0.5, 0.6) is 0 Å². The van der Waals surface area contributed by atoms with E-state index < -0.39 is 0 Å². The standard InChI is InChI=1S/C16H26O2.C11H14N2.C10H14.C9H14N2.CH4/c1-13(2)18-11-10-17-12-14-6-8-15(9-7-14)16(3,4)5;1-11(2,3)8-5-4-6-9-10(8)13-7-12-9;1-10(2,3)9-7-5-4-6-8-9;1-9(2,3)7-4-5-8(10)11-6-7;/h6-9,13H,10-12H2,1-5H3;4-7H,1-3H3,(H,12,13);4-8H,1-3H3;4-6H,1-3H3,(H2,10,11);1H4. The fraction of sp³-hybridized carbons (Fsp3) is 0.489. The van der Waals surface area contributed by atoms with Crippen molar-refractivity contribution in [1.82, 2.24) is 15.0 Å². The molecule has 6 heteroatoms. The van der Waals surface area contributed by atoms with Gasteiger partial charge in [0, 0.05) is 6.20 Å². The number of pyridine rings is 1. The van der Waals surface area contributed by atoms with Crippen LogP contribution in [0.3, 0.4) is 0 Å². The lowest BCUT2D eigenvalue weighted by molar-refractivity contribution is 0.0143. The van der Waals surface area contributed by atoms with Crippen LogP contribution in [0.1, 0.15) is 132 Å². The smallest absolute Gasteiger partial charge is 0.123 e. The third-order valence-corrected chi connectivity index (χ3v) is 8.32. The van der Waals surface area contributed by atoms with E-state index in [0.717, 1.165) is 11.0 Å². The SMILES string of the molecule is C.CC(C)(C)c1ccc(N)nc1.CC(C)(C)c1cccc2[nH]cnc12.CC(C)(C)c1ccccc1.CC(C)OCCOCc1ccc(C(C)(C)C)cc1. The number of nitrogens with two attached hydrogens (primary N) is 1. The molecule has 3 N–H and O–H groups in total. The van der Waals surface area contributed by atoms with Gasteiger partial charge in [-0.25, -0.2) is 9.97 Å². The molecule has 53 heavy (non-hydrogen) atoms. The monoisotopic (exact) mass is 725 g/mol. The molecule has 0 amide bonds. The van der Waals surface area contributed by atoms with Crippen LogP contribution in [-0.4, -0.2) is 34.3 Å². The lowest BCUT2D eigenvalue weighted by Gasteiger charge is -2.19. The van der Waals surface area contributed by atoms with E-state index in [0.29, 0.717) is 31.1 Å². The normalized spacial score (nSPS) is 11.7. The number of fused-ring (bicyclic) bond motifs is 1. The van der Waals surface area contributed by atoms with Crippen LogP contribution in [0.15, 0.2) is 97.5 Å². The zero-order valence-electron chi connectivity index (χ0n) is 34.7. The van der Waals surface area contributed by atoms with Gasteiger partial charge in [0.2, 0.25) is 0 Å². The first-order valence-corrected chi connectivity index (χ1v) is 18.6. The van der Waals surface area contributed by atoms with Crippen molar-refractivity contribution in [1.29, 1.82) is 0 Å². The molecule has 0 aliphatic carbocycles. The van der Waals surface area contributed by atoms with Gasteiger partial charge in [0.05, 0.1) is 43.3 Å². The van der Waals surface area contributed by atoms with Gasteiger partial charge in [0.1, 0.15) is 5.82 Å². The number of aromatic amines is 1. The summed E-state index contributed by atoms with van der Waals surface area (Å²) >= 11 is 0. The molecule has 2 heterocycles. The van der Waals surface area contributed by atoms with Crippen molar-refractivity contribution in [2.75, 3.05) is 18.9 Å². The molecular weight excluding hydrogens is 653 g/mol. The minimum Gasteiger partial charge on any atom is -0.384 e. The zero-order valence-corrected chi connectivity index (χ0v) is 34.7. The quantitative estimate of drug-likeness (QED) is 0.170. The van der Waals surface area contributed by atoms with Crippen molar-refractivity contribution in [3.8, 4) is 0 Å². The van der Waals surface area contributed by atoms with Gasteiger partial charge in [-0.2, -0.15) is 0 Å². The highest BCUT2D eigenvalue weighted by Crippen LogP contribution is 2.28. The Labute approximate surface area is 323 Å². The van der Waals surface area contributed by atoms with Crippen LogP contribution >= 0.6 is 0 Å². The number of para-hydroxylation sites is 1. The van der Waals surface area contributed by atoms with Gasteiger partial charge in [-0.1, -0.05) is 163 Å². The molecule has 0 saturated heterocycles. The molecule has 0 radical (unpaired) electrons. The first-order chi connectivity index (χ1) is 24.1. The summed E-state index contributed by atoms with van der Waals surface area (Å²) in [6.07, 6.45) is 3.86. The van der Waals surface area contributed by atoms with Crippen molar-refractivity contribution in [3.05, 3.63) is 125 Å². The first-order valence-electron chi connectivity index (χ1n) is 18.6. The summed E-state index contributed by atoms with van der Waals surface area (Å²) < 4.78 is 11.0. The second-order valence-electron chi connectivity index (χ2n) is 17.6. The maximum atomic E-state index is 5.57. The van der Waals surface area contributed by atoms with Crippen LogP contribution in [0.2, 0.25) is 0 Å². The fourth-order valence-electron chi connectivity index (χ4n) is 4.99. The number of hydrogen-bond acceptors (Lipinski definition) is 5. The van der Waals surface area contributed by atoms with Gasteiger partial charge in [-0.15, -0.1) is 0 Å². The van der Waals surface area contributed by atoms with Crippen molar-refractivity contribution < 1.29 is 9.47 Å². The Hall–Kier alpha value is -4.00. The number of ether oxygens (including phenoxy) is 2. The highest BCUT2D eigenvalue weighted by atomic mass is 16.5. The Bertz CT molecular complexity index is 1700. The third kappa shape index (κ3) is 17.6. The largest absolute Gasteiger partial charge is 0.384 e. The van der Waals surface area contributed by atoms with Gasteiger partial charge in [-0.05, 0) is 75.5 Å². The minimum atomic E-state index is 0.